The molecule has 1 unspecified atom stereocenters. The molecule has 1 aromatic carbocycles. The molecule has 0 aliphatic rings. The van der Waals surface area contributed by atoms with Crippen molar-refractivity contribution < 1.29 is 12.7 Å². The summed E-state index contributed by atoms with van der Waals surface area (Å²) in [4.78, 5) is 0. The van der Waals surface area contributed by atoms with Crippen molar-refractivity contribution in [3.05, 3.63) is 30.3 Å². The van der Waals surface area contributed by atoms with Crippen molar-refractivity contribution in [1.29, 1.82) is 0 Å². The van der Waals surface area contributed by atoms with E-state index in [1.165, 1.54) is 0 Å². The second kappa shape index (κ2) is 6.03. The Morgan fingerprint density at radius 2 is 1.32 bits per heavy atom. The molecule has 0 heterocycles. The smallest absolute Gasteiger partial charge is 0.360 e. The summed E-state index contributed by atoms with van der Waals surface area (Å²) in [6.07, 6.45) is 0. The van der Waals surface area contributed by atoms with Crippen LogP contribution in [0.3, 0.4) is 0 Å². The van der Waals surface area contributed by atoms with E-state index in [1.54, 1.807) is 7.11 Å². The van der Waals surface area contributed by atoms with Crippen LogP contribution in [-0.2, 0) is 12.7 Å². The first-order valence-corrected chi connectivity index (χ1v) is 15.1. The zero-order valence-electron chi connectivity index (χ0n) is 13.1. The minimum absolute atomic E-state index is 1.15. The molecular formula is C13H26O3Si3. The van der Waals surface area contributed by atoms with Gasteiger partial charge >= 0.3 is 17.1 Å². The predicted octanol–water partition coefficient (Wildman–Crippen LogP) is 3.18. The van der Waals surface area contributed by atoms with Crippen molar-refractivity contribution in [2.24, 2.45) is 0 Å². The Bertz CT molecular complexity index is 403. The van der Waals surface area contributed by atoms with Crippen LogP contribution in [0.1, 0.15) is 0 Å². The minimum atomic E-state index is -2.38. The monoisotopic (exact) mass is 314 g/mol. The van der Waals surface area contributed by atoms with E-state index < -0.39 is 25.4 Å². The molecule has 1 aromatic rings. The molecule has 1 atom stereocenters. The van der Waals surface area contributed by atoms with Crippen LogP contribution in [0, 0.1) is 0 Å². The third kappa shape index (κ3) is 5.33. The van der Waals surface area contributed by atoms with Crippen molar-refractivity contribution >= 4 is 30.6 Å². The zero-order chi connectivity index (χ0) is 14.7. The summed E-state index contributed by atoms with van der Waals surface area (Å²) in [6.45, 7) is 12.9. The van der Waals surface area contributed by atoms with Crippen molar-refractivity contribution in [3.63, 3.8) is 0 Å². The highest BCUT2D eigenvalue weighted by atomic mass is 28.5. The van der Waals surface area contributed by atoms with Gasteiger partial charge in [0.15, 0.2) is 8.32 Å². The first-order chi connectivity index (χ1) is 8.58. The van der Waals surface area contributed by atoms with Crippen LogP contribution in [0.15, 0.2) is 30.3 Å². The van der Waals surface area contributed by atoms with Crippen molar-refractivity contribution in [2.45, 2.75) is 39.3 Å². The van der Waals surface area contributed by atoms with E-state index in [9.17, 15) is 0 Å². The quantitative estimate of drug-likeness (QED) is 0.755. The molecule has 3 nitrogen and oxygen atoms in total. The normalized spacial score (nSPS) is 16.2. The number of hydrogen-bond acceptors (Lipinski definition) is 3. The van der Waals surface area contributed by atoms with Crippen LogP contribution in [0.2, 0.25) is 39.3 Å². The molecule has 0 fully saturated rings. The lowest BCUT2D eigenvalue weighted by Gasteiger charge is -2.37. The maximum Gasteiger partial charge on any atom is 0.360 e. The largest absolute Gasteiger partial charge is 0.437 e. The maximum absolute atomic E-state index is 6.40. The van der Waals surface area contributed by atoms with Gasteiger partial charge in [-0.3, -0.25) is 0 Å². The van der Waals surface area contributed by atoms with Gasteiger partial charge in [-0.15, -0.1) is 0 Å². The van der Waals surface area contributed by atoms with Gasteiger partial charge < -0.3 is 12.7 Å². The van der Waals surface area contributed by atoms with Gasteiger partial charge in [0.25, 0.3) is 0 Å². The molecular weight excluding hydrogens is 288 g/mol. The Labute approximate surface area is 120 Å². The molecule has 0 spiro atoms. The SMILES string of the molecule is CO[Si](C)(O[Si](C)(C)O[Si](C)(C)C)c1ccccc1. The molecule has 0 saturated heterocycles. The molecule has 19 heavy (non-hydrogen) atoms. The Morgan fingerprint density at radius 3 is 1.74 bits per heavy atom. The minimum Gasteiger partial charge on any atom is -0.437 e. The molecule has 0 bridgehead atoms. The van der Waals surface area contributed by atoms with Crippen molar-refractivity contribution in [2.75, 3.05) is 7.11 Å². The average Bonchev–Trinajstić information content (AvgIpc) is 2.26. The van der Waals surface area contributed by atoms with Gasteiger partial charge in [-0.1, -0.05) is 30.3 Å². The summed E-state index contributed by atoms with van der Waals surface area (Å²) >= 11 is 0. The fraction of sp³-hybridized carbons (Fsp3) is 0.538. The van der Waals surface area contributed by atoms with E-state index in [1.807, 2.05) is 18.2 Å². The molecule has 0 amide bonds. The van der Waals surface area contributed by atoms with Crippen LogP contribution in [0.5, 0.6) is 0 Å². The number of benzene rings is 1. The molecule has 0 radical (unpaired) electrons. The second-order valence-electron chi connectivity index (χ2n) is 6.23. The van der Waals surface area contributed by atoms with E-state index in [0.717, 1.165) is 5.19 Å². The van der Waals surface area contributed by atoms with Crippen LogP contribution >= 0.6 is 0 Å². The Morgan fingerprint density at radius 1 is 0.789 bits per heavy atom. The fourth-order valence-electron chi connectivity index (χ4n) is 2.19. The summed E-state index contributed by atoms with van der Waals surface area (Å²) in [5.74, 6) is 0. The fourth-order valence-corrected chi connectivity index (χ4v) is 14.2. The van der Waals surface area contributed by atoms with Crippen LogP contribution in [-0.4, -0.2) is 32.5 Å². The lowest BCUT2D eigenvalue weighted by atomic mass is 10.4. The van der Waals surface area contributed by atoms with Crippen LogP contribution in [0.25, 0.3) is 0 Å². The molecule has 1 rings (SSSR count). The first-order valence-electron chi connectivity index (χ1n) is 6.59. The highest BCUT2D eigenvalue weighted by Gasteiger charge is 2.42. The third-order valence-electron chi connectivity index (χ3n) is 2.68. The van der Waals surface area contributed by atoms with Gasteiger partial charge in [-0.2, -0.15) is 0 Å². The topological polar surface area (TPSA) is 27.7 Å². The van der Waals surface area contributed by atoms with E-state index in [2.05, 4.69) is 51.4 Å². The Balaban J connectivity index is 2.93. The van der Waals surface area contributed by atoms with Gasteiger partial charge in [0.1, 0.15) is 0 Å². The Kier molecular flexibility index (Phi) is 5.33. The highest BCUT2D eigenvalue weighted by Crippen LogP contribution is 2.20. The van der Waals surface area contributed by atoms with Crippen molar-refractivity contribution in [3.8, 4) is 0 Å². The van der Waals surface area contributed by atoms with E-state index in [-0.39, 0.29) is 0 Å². The lowest BCUT2D eigenvalue weighted by Crippen LogP contribution is -2.59. The molecule has 0 aliphatic carbocycles. The molecule has 6 heteroatoms. The van der Waals surface area contributed by atoms with E-state index in [0.29, 0.717) is 0 Å². The number of rotatable bonds is 6. The molecule has 108 valence electrons. The molecule has 0 aliphatic heterocycles. The first kappa shape index (κ1) is 16.8. The zero-order valence-corrected chi connectivity index (χ0v) is 16.1. The standard InChI is InChI=1S/C13H26O3Si3/c1-14-19(7,13-11-9-8-10-12-13)16-18(5,6)15-17(2,3)4/h8-12H,1-7H3. The average molecular weight is 315 g/mol. The summed E-state index contributed by atoms with van der Waals surface area (Å²) in [7, 11) is -4.42. The second-order valence-corrected chi connectivity index (χ2v) is 17.8. The van der Waals surface area contributed by atoms with Crippen molar-refractivity contribution in [1.82, 2.24) is 0 Å². The number of hydrogen-bond donors (Lipinski definition) is 0. The third-order valence-corrected chi connectivity index (χ3v) is 12.8. The van der Waals surface area contributed by atoms with Gasteiger partial charge in [-0.05, 0) is 44.5 Å². The maximum atomic E-state index is 6.40. The van der Waals surface area contributed by atoms with E-state index >= 15 is 0 Å². The summed E-state index contributed by atoms with van der Waals surface area (Å²) in [6, 6.07) is 10.2. The Hall–Kier alpha value is -0.249. The van der Waals surface area contributed by atoms with Gasteiger partial charge in [0.2, 0.25) is 0 Å². The summed E-state index contributed by atoms with van der Waals surface area (Å²) in [5.41, 5.74) is 0. The molecule has 0 aromatic heterocycles. The predicted molar refractivity (Wildman–Crippen MR) is 87.7 cm³/mol. The highest BCUT2D eigenvalue weighted by molar-refractivity contribution is 6.90. The summed E-state index contributed by atoms with van der Waals surface area (Å²) in [5, 5.41) is 1.15. The van der Waals surface area contributed by atoms with Crippen LogP contribution < -0.4 is 5.19 Å². The molecule has 0 saturated carbocycles. The van der Waals surface area contributed by atoms with Gasteiger partial charge in [-0.25, -0.2) is 0 Å². The molecule has 0 N–H and O–H groups in total. The van der Waals surface area contributed by atoms with Crippen LogP contribution in [0.4, 0.5) is 0 Å². The van der Waals surface area contributed by atoms with Gasteiger partial charge in [0.05, 0.1) is 0 Å². The summed E-state index contributed by atoms with van der Waals surface area (Å²) < 4.78 is 18.4. The van der Waals surface area contributed by atoms with E-state index in [4.69, 9.17) is 12.7 Å². The van der Waals surface area contributed by atoms with Gasteiger partial charge in [0, 0.05) is 7.11 Å². The lowest BCUT2D eigenvalue weighted by molar-refractivity contribution is 0.287.